The van der Waals surface area contributed by atoms with E-state index in [-0.39, 0.29) is 10.8 Å². The molecule has 0 radical (unpaired) electrons. The number of amides is 1. The van der Waals surface area contributed by atoms with Gasteiger partial charge in [-0.05, 0) is 49.4 Å². The molecule has 8 nitrogen and oxygen atoms in total. The largest absolute Gasteiger partial charge is 0.497 e. The maximum Gasteiger partial charge on any atom is 0.241 e. The summed E-state index contributed by atoms with van der Waals surface area (Å²) in [5.41, 5.74) is 2.18. The Morgan fingerprint density at radius 2 is 1.72 bits per heavy atom. The number of benzene rings is 2. The van der Waals surface area contributed by atoms with Crippen LogP contribution in [0.25, 0.3) is 0 Å². The van der Waals surface area contributed by atoms with Crippen LogP contribution in [0.5, 0.6) is 5.75 Å². The summed E-state index contributed by atoms with van der Waals surface area (Å²) in [6.45, 7) is 6.98. The van der Waals surface area contributed by atoms with Gasteiger partial charge in [0, 0.05) is 39.3 Å². The highest BCUT2D eigenvalue weighted by atomic mass is 32.2. The van der Waals surface area contributed by atoms with Crippen LogP contribution < -0.4 is 14.8 Å². The molecule has 2 N–H and O–H groups in total. The molecule has 174 valence electrons. The molecule has 1 amide bonds. The molecule has 9 heteroatoms. The fourth-order valence-corrected chi connectivity index (χ4v) is 4.76. The summed E-state index contributed by atoms with van der Waals surface area (Å²) in [6, 6.07) is 13.2. The Bertz CT molecular complexity index is 1000. The molecule has 1 heterocycles. The molecule has 0 saturated carbocycles. The summed E-state index contributed by atoms with van der Waals surface area (Å²) in [5, 5.41) is 2.82. The first kappa shape index (κ1) is 24.2. The highest BCUT2D eigenvalue weighted by molar-refractivity contribution is 7.89. The maximum atomic E-state index is 12.5. The van der Waals surface area contributed by atoms with Crippen molar-refractivity contribution in [2.24, 2.45) is 0 Å². The van der Waals surface area contributed by atoms with Crippen molar-refractivity contribution >= 4 is 15.9 Å². The zero-order valence-electron chi connectivity index (χ0n) is 18.9. The number of hydrogen-bond donors (Lipinski definition) is 2. The van der Waals surface area contributed by atoms with Crippen LogP contribution in [0, 0.1) is 0 Å². The van der Waals surface area contributed by atoms with Crippen molar-refractivity contribution in [3.8, 4) is 5.75 Å². The molecule has 0 unspecified atom stereocenters. The number of methoxy groups -OCH3 is 1. The summed E-state index contributed by atoms with van der Waals surface area (Å²) in [5.74, 6) is 0.177. The van der Waals surface area contributed by atoms with E-state index in [2.05, 4.69) is 39.0 Å². The van der Waals surface area contributed by atoms with Crippen LogP contribution in [0.1, 0.15) is 18.1 Å². The zero-order chi connectivity index (χ0) is 23.1. The third-order valence-corrected chi connectivity index (χ3v) is 7.11. The molecule has 0 aliphatic carbocycles. The SMILES string of the molecule is COc1ccc(S(=O)(=O)N[C@@H](C)C(=O)NCc2cccc(CN3CCN(C)CC3)c2)cc1. The van der Waals surface area contributed by atoms with Gasteiger partial charge in [0.05, 0.1) is 18.0 Å². The molecule has 1 aliphatic heterocycles. The molecule has 0 bridgehead atoms. The number of piperazine rings is 1. The average molecular weight is 461 g/mol. The van der Waals surface area contributed by atoms with Crippen LogP contribution in [0.2, 0.25) is 0 Å². The summed E-state index contributed by atoms with van der Waals surface area (Å²) in [6.07, 6.45) is 0. The Hall–Kier alpha value is -2.46. The Morgan fingerprint density at radius 1 is 1.06 bits per heavy atom. The van der Waals surface area contributed by atoms with E-state index in [1.165, 1.54) is 31.7 Å². The average Bonchev–Trinajstić information content (AvgIpc) is 2.79. The first-order valence-electron chi connectivity index (χ1n) is 10.7. The van der Waals surface area contributed by atoms with E-state index < -0.39 is 16.1 Å². The Balaban J connectivity index is 1.52. The molecule has 3 rings (SSSR count). The quantitative estimate of drug-likeness (QED) is 0.588. The van der Waals surface area contributed by atoms with Crippen LogP contribution in [0.4, 0.5) is 0 Å². The van der Waals surface area contributed by atoms with E-state index in [9.17, 15) is 13.2 Å². The third kappa shape index (κ3) is 6.77. The van der Waals surface area contributed by atoms with E-state index >= 15 is 0 Å². The molecule has 2 aromatic carbocycles. The molecule has 1 aliphatic rings. The van der Waals surface area contributed by atoms with Crippen LogP contribution in [0.15, 0.2) is 53.4 Å². The van der Waals surface area contributed by atoms with Gasteiger partial charge in [0.15, 0.2) is 0 Å². The van der Waals surface area contributed by atoms with Gasteiger partial charge < -0.3 is 15.0 Å². The second kappa shape index (κ2) is 10.9. The fourth-order valence-electron chi connectivity index (χ4n) is 3.55. The first-order valence-corrected chi connectivity index (χ1v) is 12.2. The molecule has 1 atom stereocenters. The summed E-state index contributed by atoms with van der Waals surface area (Å²) < 4.78 is 32.5. The lowest BCUT2D eigenvalue weighted by Crippen LogP contribution is -2.44. The van der Waals surface area contributed by atoms with Crippen molar-refractivity contribution in [2.75, 3.05) is 40.3 Å². The zero-order valence-corrected chi connectivity index (χ0v) is 19.7. The molecule has 0 aromatic heterocycles. The van der Waals surface area contributed by atoms with Gasteiger partial charge in [0.1, 0.15) is 5.75 Å². The van der Waals surface area contributed by atoms with Crippen LogP contribution in [0.3, 0.4) is 0 Å². The Morgan fingerprint density at radius 3 is 2.38 bits per heavy atom. The number of sulfonamides is 1. The van der Waals surface area contributed by atoms with Gasteiger partial charge in [0.2, 0.25) is 15.9 Å². The highest BCUT2D eigenvalue weighted by Gasteiger charge is 2.22. The topological polar surface area (TPSA) is 91.0 Å². The van der Waals surface area contributed by atoms with Crippen molar-refractivity contribution < 1.29 is 17.9 Å². The number of likely N-dealkylation sites (N-methyl/N-ethyl adjacent to an activating group) is 1. The van der Waals surface area contributed by atoms with Crippen molar-refractivity contribution in [1.29, 1.82) is 0 Å². The molecule has 1 saturated heterocycles. The van der Waals surface area contributed by atoms with Gasteiger partial charge in [-0.2, -0.15) is 4.72 Å². The number of carbonyl (C=O) groups excluding carboxylic acids is 1. The van der Waals surface area contributed by atoms with Gasteiger partial charge in [-0.3, -0.25) is 9.69 Å². The van der Waals surface area contributed by atoms with Crippen molar-refractivity contribution in [2.45, 2.75) is 31.0 Å². The number of hydrogen-bond acceptors (Lipinski definition) is 6. The molecule has 2 aromatic rings. The second-order valence-corrected chi connectivity index (χ2v) is 9.85. The molecule has 1 fully saturated rings. The normalized spacial score (nSPS) is 16.5. The minimum absolute atomic E-state index is 0.0783. The maximum absolute atomic E-state index is 12.5. The van der Waals surface area contributed by atoms with Gasteiger partial charge in [-0.1, -0.05) is 24.3 Å². The lowest BCUT2D eigenvalue weighted by Gasteiger charge is -2.32. The molecular weight excluding hydrogens is 428 g/mol. The smallest absolute Gasteiger partial charge is 0.241 e. The van der Waals surface area contributed by atoms with Crippen LogP contribution >= 0.6 is 0 Å². The van der Waals surface area contributed by atoms with Gasteiger partial charge in [-0.15, -0.1) is 0 Å². The summed E-state index contributed by atoms with van der Waals surface area (Å²) in [4.78, 5) is 17.3. The first-order chi connectivity index (χ1) is 15.3. The van der Waals surface area contributed by atoms with Crippen LogP contribution in [-0.4, -0.2) is 70.5 Å². The number of rotatable bonds is 9. The summed E-state index contributed by atoms with van der Waals surface area (Å²) >= 11 is 0. The Kier molecular flexibility index (Phi) is 8.25. The van der Waals surface area contributed by atoms with E-state index in [1.54, 1.807) is 12.1 Å². The minimum atomic E-state index is -3.81. The van der Waals surface area contributed by atoms with Crippen molar-refractivity contribution in [3.05, 3.63) is 59.7 Å². The summed E-state index contributed by atoms with van der Waals surface area (Å²) in [7, 11) is -0.167. The van der Waals surface area contributed by atoms with Gasteiger partial charge in [-0.25, -0.2) is 8.42 Å². The van der Waals surface area contributed by atoms with Gasteiger partial charge in [0.25, 0.3) is 0 Å². The highest BCUT2D eigenvalue weighted by Crippen LogP contribution is 2.16. The van der Waals surface area contributed by atoms with E-state index in [0.29, 0.717) is 12.3 Å². The molecular formula is C23H32N4O4S. The number of nitrogens with one attached hydrogen (secondary N) is 2. The van der Waals surface area contributed by atoms with E-state index in [4.69, 9.17) is 4.74 Å². The number of ether oxygens (including phenoxy) is 1. The minimum Gasteiger partial charge on any atom is -0.497 e. The molecule has 32 heavy (non-hydrogen) atoms. The molecule has 0 spiro atoms. The number of nitrogens with zero attached hydrogens (tertiary/aromatic N) is 2. The van der Waals surface area contributed by atoms with Crippen molar-refractivity contribution in [1.82, 2.24) is 19.8 Å². The lowest BCUT2D eigenvalue weighted by atomic mass is 10.1. The predicted molar refractivity (Wildman–Crippen MR) is 124 cm³/mol. The standard InChI is InChI=1S/C23H32N4O4S/c1-18(25-32(29,30)22-9-7-21(31-3)8-10-22)23(28)24-16-19-5-4-6-20(15-19)17-27-13-11-26(2)12-14-27/h4-10,15,18,25H,11-14,16-17H2,1-3H3,(H,24,28)/t18-/m0/s1. The Labute approximate surface area is 190 Å². The van der Waals surface area contributed by atoms with Crippen molar-refractivity contribution in [3.63, 3.8) is 0 Å². The fraction of sp³-hybridized carbons (Fsp3) is 0.435. The predicted octanol–water partition coefficient (Wildman–Crippen LogP) is 1.43. The second-order valence-electron chi connectivity index (χ2n) is 8.14. The van der Waals surface area contributed by atoms with E-state index in [1.807, 2.05) is 12.1 Å². The lowest BCUT2D eigenvalue weighted by molar-refractivity contribution is -0.122. The third-order valence-electron chi connectivity index (χ3n) is 5.56. The van der Waals surface area contributed by atoms with E-state index in [0.717, 1.165) is 38.3 Å². The monoisotopic (exact) mass is 460 g/mol. The number of carbonyl (C=O) groups is 1. The van der Waals surface area contributed by atoms with Crippen LogP contribution in [-0.2, 0) is 27.9 Å². The van der Waals surface area contributed by atoms with Gasteiger partial charge >= 0.3 is 0 Å².